The van der Waals surface area contributed by atoms with E-state index in [2.05, 4.69) is 35.4 Å². The van der Waals surface area contributed by atoms with Gasteiger partial charge in [0.15, 0.2) is 0 Å². The topological polar surface area (TPSA) is 65.5 Å². The van der Waals surface area contributed by atoms with E-state index < -0.39 is 5.97 Å². The number of aliphatic carboxylic acids is 1. The van der Waals surface area contributed by atoms with E-state index in [4.69, 9.17) is 5.11 Å². The Morgan fingerprint density at radius 1 is 1.33 bits per heavy atom. The third-order valence-electron chi connectivity index (χ3n) is 4.95. The highest BCUT2D eigenvalue weighted by atomic mass is 16.4. The first kappa shape index (κ1) is 16.7. The summed E-state index contributed by atoms with van der Waals surface area (Å²) in [6.45, 7) is 5.09. The first-order chi connectivity index (χ1) is 11.6. The first-order valence-electron chi connectivity index (χ1n) is 8.70. The summed E-state index contributed by atoms with van der Waals surface area (Å²) in [5.74, 6) is -0.750. The van der Waals surface area contributed by atoms with Crippen LogP contribution in [0.3, 0.4) is 0 Å². The maximum absolute atomic E-state index is 10.9. The smallest absolute Gasteiger partial charge is 0.317 e. The second kappa shape index (κ2) is 7.18. The van der Waals surface area contributed by atoms with Gasteiger partial charge in [-0.2, -0.15) is 0 Å². The summed E-state index contributed by atoms with van der Waals surface area (Å²) in [7, 11) is 0. The molecule has 24 heavy (non-hydrogen) atoms. The largest absolute Gasteiger partial charge is 0.480 e. The third-order valence-corrected chi connectivity index (χ3v) is 4.95. The number of hydrogen-bond acceptors (Lipinski definition) is 4. The number of benzene rings is 1. The van der Waals surface area contributed by atoms with Crippen molar-refractivity contribution in [3.8, 4) is 0 Å². The molecular formula is C19H25N3O2. The van der Waals surface area contributed by atoms with Crippen LogP contribution in [0, 0.1) is 0 Å². The summed E-state index contributed by atoms with van der Waals surface area (Å²) >= 11 is 0. The van der Waals surface area contributed by atoms with Gasteiger partial charge in [0.1, 0.15) is 0 Å². The SMILES string of the molecule is CCc1ccc2nccc(NC3CC(N(CC)CC(=O)O)C3)c2c1. The first-order valence-corrected chi connectivity index (χ1v) is 8.70. The van der Waals surface area contributed by atoms with Gasteiger partial charge in [-0.25, -0.2) is 0 Å². The van der Waals surface area contributed by atoms with Crippen LogP contribution in [-0.2, 0) is 11.2 Å². The lowest BCUT2D eigenvalue weighted by molar-refractivity contribution is -0.139. The number of rotatable bonds is 7. The van der Waals surface area contributed by atoms with E-state index in [9.17, 15) is 4.79 Å². The lowest BCUT2D eigenvalue weighted by Crippen LogP contribution is -2.51. The molecule has 0 unspecified atom stereocenters. The standard InChI is InChI=1S/C19H25N3O2/c1-3-13-5-6-17-16(9-13)18(7-8-20-17)21-14-10-15(11-14)22(4-2)12-19(23)24/h5-9,14-15H,3-4,10-12H2,1-2H3,(H,20,21)(H,23,24). The fraction of sp³-hybridized carbons (Fsp3) is 0.474. The maximum Gasteiger partial charge on any atom is 0.317 e. The van der Waals surface area contributed by atoms with Gasteiger partial charge in [0, 0.05) is 29.4 Å². The molecule has 2 N–H and O–H groups in total. The van der Waals surface area contributed by atoms with Crippen molar-refractivity contribution in [1.82, 2.24) is 9.88 Å². The number of carboxylic acid groups (broad SMARTS) is 1. The predicted molar refractivity (Wildman–Crippen MR) is 96.4 cm³/mol. The summed E-state index contributed by atoms with van der Waals surface area (Å²) in [4.78, 5) is 17.4. The van der Waals surface area contributed by atoms with Gasteiger partial charge in [-0.05, 0) is 49.6 Å². The molecule has 0 amide bonds. The molecule has 1 aromatic carbocycles. The number of anilines is 1. The Balaban J connectivity index is 1.68. The molecule has 0 radical (unpaired) electrons. The zero-order valence-corrected chi connectivity index (χ0v) is 14.3. The Bertz CT molecular complexity index is 726. The number of nitrogens with one attached hydrogen (secondary N) is 1. The Morgan fingerprint density at radius 2 is 2.12 bits per heavy atom. The number of carboxylic acids is 1. The highest BCUT2D eigenvalue weighted by molar-refractivity contribution is 5.91. The molecule has 1 heterocycles. The van der Waals surface area contributed by atoms with Gasteiger partial charge >= 0.3 is 5.97 Å². The number of pyridine rings is 1. The summed E-state index contributed by atoms with van der Waals surface area (Å²) in [6.07, 6.45) is 4.82. The number of likely N-dealkylation sites (N-methyl/N-ethyl adjacent to an activating group) is 1. The van der Waals surface area contributed by atoms with Crippen LogP contribution in [0.4, 0.5) is 5.69 Å². The number of fused-ring (bicyclic) bond motifs is 1. The van der Waals surface area contributed by atoms with Crippen LogP contribution in [0.25, 0.3) is 10.9 Å². The maximum atomic E-state index is 10.9. The molecule has 0 bridgehead atoms. The van der Waals surface area contributed by atoms with Crippen LogP contribution < -0.4 is 5.32 Å². The van der Waals surface area contributed by atoms with Crippen LogP contribution in [0.15, 0.2) is 30.5 Å². The normalized spacial score (nSPS) is 20.1. The van der Waals surface area contributed by atoms with Gasteiger partial charge in [0.25, 0.3) is 0 Å². The highest BCUT2D eigenvalue weighted by Gasteiger charge is 2.33. The Morgan fingerprint density at radius 3 is 2.79 bits per heavy atom. The average Bonchev–Trinajstić information content (AvgIpc) is 2.55. The molecule has 3 rings (SSSR count). The van der Waals surface area contributed by atoms with E-state index in [-0.39, 0.29) is 6.54 Å². The Hall–Kier alpha value is -2.14. The lowest BCUT2D eigenvalue weighted by atomic mass is 9.85. The van der Waals surface area contributed by atoms with Gasteiger partial charge in [-0.1, -0.05) is 19.9 Å². The molecule has 1 aliphatic carbocycles. The molecule has 1 fully saturated rings. The summed E-state index contributed by atoms with van der Waals surface area (Å²) in [5.41, 5.74) is 3.44. The summed E-state index contributed by atoms with van der Waals surface area (Å²) in [6, 6.07) is 9.21. The minimum atomic E-state index is -0.750. The number of hydrogen-bond donors (Lipinski definition) is 2. The van der Waals surface area contributed by atoms with Crippen LogP contribution >= 0.6 is 0 Å². The molecular weight excluding hydrogens is 302 g/mol. The molecule has 1 saturated carbocycles. The van der Waals surface area contributed by atoms with Crippen molar-refractivity contribution in [2.75, 3.05) is 18.4 Å². The van der Waals surface area contributed by atoms with E-state index in [1.165, 1.54) is 5.56 Å². The highest BCUT2D eigenvalue weighted by Crippen LogP contribution is 2.31. The van der Waals surface area contributed by atoms with Crippen molar-refractivity contribution in [1.29, 1.82) is 0 Å². The minimum absolute atomic E-state index is 0.131. The average molecular weight is 327 g/mol. The van der Waals surface area contributed by atoms with Gasteiger partial charge in [-0.3, -0.25) is 14.7 Å². The molecule has 128 valence electrons. The minimum Gasteiger partial charge on any atom is -0.480 e. The number of nitrogens with zero attached hydrogens (tertiary/aromatic N) is 2. The fourth-order valence-corrected chi connectivity index (χ4v) is 3.44. The van der Waals surface area contributed by atoms with Crippen LogP contribution in [0.2, 0.25) is 0 Å². The molecule has 1 aromatic heterocycles. The zero-order chi connectivity index (χ0) is 17.1. The quantitative estimate of drug-likeness (QED) is 0.818. The van der Waals surface area contributed by atoms with Crippen molar-refractivity contribution in [3.05, 3.63) is 36.0 Å². The van der Waals surface area contributed by atoms with E-state index >= 15 is 0 Å². The van der Waals surface area contributed by atoms with E-state index in [0.717, 1.165) is 42.4 Å². The molecule has 2 aromatic rings. The third kappa shape index (κ3) is 3.51. The predicted octanol–water partition coefficient (Wildman–Crippen LogP) is 3.15. The van der Waals surface area contributed by atoms with Crippen molar-refractivity contribution in [3.63, 3.8) is 0 Å². The molecule has 5 nitrogen and oxygen atoms in total. The zero-order valence-electron chi connectivity index (χ0n) is 14.3. The van der Waals surface area contributed by atoms with Gasteiger partial charge in [0.05, 0.1) is 12.1 Å². The molecule has 0 atom stereocenters. The molecule has 1 aliphatic rings. The van der Waals surface area contributed by atoms with Crippen LogP contribution in [0.1, 0.15) is 32.3 Å². The van der Waals surface area contributed by atoms with E-state index in [1.54, 1.807) is 0 Å². The molecule has 0 aliphatic heterocycles. The number of aromatic nitrogens is 1. The van der Waals surface area contributed by atoms with Crippen molar-refractivity contribution in [2.45, 2.75) is 45.2 Å². The fourth-order valence-electron chi connectivity index (χ4n) is 3.44. The Labute approximate surface area is 142 Å². The van der Waals surface area contributed by atoms with Crippen LogP contribution in [-0.4, -0.2) is 46.1 Å². The van der Waals surface area contributed by atoms with Crippen molar-refractivity contribution in [2.24, 2.45) is 0 Å². The lowest BCUT2D eigenvalue weighted by Gasteiger charge is -2.42. The van der Waals surface area contributed by atoms with Crippen LogP contribution in [0.5, 0.6) is 0 Å². The van der Waals surface area contributed by atoms with Gasteiger partial charge in [-0.15, -0.1) is 0 Å². The summed E-state index contributed by atoms with van der Waals surface area (Å²) in [5, 5.41) is 13.8. The second-order valence-electron chi connectivity index (χ2n) is 6.49. The second-order valence-corrected chi connectivity index (χ2v) is 6.49. The van der Waals surface area contributed by atoms with Crippen molar-refractivity contribution < 1.29 is 9.90 Å². The Kier molecular flexibility index (Phi) is 5.00. The number of carbonyl (C=O) groups is 1. The van der Waals surface area contributed by atoms with Gasteiger partial charge in [0.2, 0.25) is 0 Å². The summed E-state index contributed by atoms with van der Waals surface area (Å²) < 4.78 is 0. The monoisotopic (exact) mass is 327 g/mol. The van der Waals surface area contributed by atoms with E-state index in [0.29, 0.717) is 12.1 Å². The molecule has 0 spiro atoms. The molecule has 5 heteroatoms. The molecule has 0 saturated heterocycles. The van der Waals surface area contributed by atoms with Gasteiger partial charge < -0.3 is 10.4 Å². The number of aryl methyl sites for hydroxylation is 1. The van der Waals surface area contributed by atoms with E-state index in [1.807, 2.05) is 24.1 Å². The van der Waals surface area contributed by atoms with Crippen molar-refractivity contribution >= 4 is 22.6 Å².